The van der Waals surface area contributed by atoms with E-state index < -0.39 is 0 Å². The Labute approximate surface area is 114 Å². The van der Waals surface area contributed by atoms with Crippen LogP contribution in [0.25, 0.3) is 0 Å². The standard InChI is InChI=1S/C13H12N2O3S/c1-8(16)11-7-19-13(14-11)15-12(17)9-4-3-5-10(6-9)18-2/h3-7H,1-2H3,(H,14,15,17). The molecule has 0 unspecified atom stereocenters. The van der Waals surface area contributed by atoms with Gasteiger partial charge in [0.15, 0.2) is 10.9 Å². The second kappa shape index (κ2) is 5.62. The van der Waals surface area contributed by atoms with Gasteiger partial charge in [-0.3, -0.25) is 14.9 Å². The molecule has 0 fully saturated rings. The van der Waals surface area contributed by atoms with Crippen LogP contribution in [0.2, 0.25) is 0 Å². The Morgan fingerprint density at radius 3 is 2.79 bits per heavy atom. The summed E-state index contributed by atoms with van der Waals surface area (Å²) in [5, 5.41) is 4.66. The van der Waals surface area contributed by atoms with Crippen LogP contribution in [-0.4, -0.2) is 23.8 Å². The second-order valence-corrected chi connectivity index (χ2v) is 4.64. The maximum Gasteiger partial charge on any atom is 0.257 e. The first-order valence-electron chi connectivity index (χ1n) is 5.52. The number of ether oxygens (including phenoxy) is 1. The van der Waals surface area contributed by atoms with Crippen LogP contribution in [0, 0.1) is 0 Å². The van der Waals surface area contributed by atoms with E-state index in [0.29, 0.717) is 22.1 Å². The number of ketones is 1. The van der Waals surface area contributed by atoms with Crippen LogP contribution in [0.1, 0.15) is 27.8 Å². The van der Waals surface area contributed by atoms with Crippen molar-refractivity contribution in [1.29, 1.82) is 0 Å². The van der Waals surface area contributed by atoms with E-state index in [1.54, 1.807) is 29.6 Å². The Bertz CT molecular complexity index is 622. The Morgan fingerprint density at radius 1 is 1.37 bits per heavy atom. The molecule has 1 N–H and O–H groups in total. The quantitative estimate of drug-likeness (QED) is 0.871. The van der Waals surface area contributed by atoms with Crippen molar-refractivity contribution in [2.75, 3.05) is 12.4 Å². The Kier molecular flexibility index (Phi) is 3.91. The molecular weight excluding hydrogens is 264 g/mol. The minimum Gasteiger partial charge on any atom is -0.497 e. The number of aromatic nitrogens is 1. The summed E-state index contributed by atoms with van der Waals surface area (Å²) in [7, 11) is 1.54. The summed E-state index contributed by atoms with van der Waals surface area (Å²) in [6.45, 7) is 1.43. The van der Waals surface area contributed by atoms with Gasteiger partial charge in [-0.1, -0.05) is 6.07 Å². The lowest BCUT2D eigenvalue weighted by atomic mass is 10.2. The Balaban J connectivity index is 2.13. The molecule has 0 spiro atoms. The number of anilines is 1. The molecule has 0 aliphatic rings. The Morgan fingerprint density at radius 2 is 2.16 bits per heavy atom. The van der Waals surface area contributed by atoms with Crippen molar-refractivity contribution >= 4 is 28.2 Å². The van der Waals surface area contributed by atoms with Gasteiger partial charge in [0.1, 0.15) is 11.4 Å². The highest BCUT2D eigenvalue weighted by atomic mass is 32.1. The highest BCUT2D eigenvalue weighted by molar-refractivity contribution is 7.14. The summed E-state index contributed by atoms with van der Waals surface area (Å²) < 4.78 is 5.05. The molecule has 0 bridgehead atoms. The van der Waals surface area contributed by atoms with E-state index in [-0.39, 0.29) is 11.7 Å². The van der Waals surface area contributed by atoms with Crippen LogP contribution >= 0.6 is 11.3 Å². The van der Waals surface area contributed by atoms with E-state index in [0.717, 1.165) is 0 Å². The summed E-state index contributed by atoms with van der Waals surface area (Å²) in [5.74, 6) is 0.192. The minimum absolute atomic E-state index is 0.127. The van der Waals surface area contributed by atoms with E-state index >= 15 is 0 Å². The van der Waals surface area contributed by atoms with Crippen molar-refractivity contribution in [2.45, 2.75) is 6.92 Å². The van der Waals surface area contributed by atoms with Gasteiger partial charge >= 0.3 is 0 Å². The number of nitrogens with zero attached hydrogens (tertiary/aromatic N) is 1. The number of methoxy groups -OCH3 is 1. The fourth-order valence-electron chi connectivity index (χ4n) is 1.43. The average Bonchev–Trinajstić information content (AvgIpc) is 2.87. The van der Waals surface area contributed by atoms with Crippen LogP contribution in [0.3, 0.4) is 0 Å². The highest BCUT2D eigenvalue weighted by Crippen LogP contribution is 2.18. The van der Waals surface area contributed by atoms with E-state index in [9.17, 15) is 9.59 Å². The maximum atomic E-state index is 12.0. The molecule has 0 saturated carbocycles. The van der Waals surface area contributed by atoms with E-state index in [1.165, 1.54) is 25.4 Å². The van der Waals surface area contributed by atoms with Crippen LogP contribution in [0.4, 0.5) is 5.13 Å². The molecule has 1 amide bonds. The lowest BCUT2D eigenvalue weighted by Crippen LogP contribution is -2.11. The summed E-state index contributed by atoms with van der Waals surface area (Å²) in [6, 6.07) is 6.80. The van der Waals surface area contributed by atoms with Gasteiger partial charge in [-0.2, -0.15) is 0 Å². The lowest BCUT2D eigenvalue weighted by molar-refractivity contribution is 0.100. The fraction of sp³-hybridized carbons (Fsp3) is 0.154. The van der Waals surface area contributed by atoms with Gasteiger partial charge in [0, 0.05) is 17.9 Å². The van der Waals surface area contributed by atoms with E-state index in [2.05, 4.69) is 10.3 Å². The number of hydrogen-bond donors (Lipinski definition) is 1. The zero-order valence-corrected chi connectivity index (χ0v) is 11.3. The van der Waals surface area contributed by atoms with Crippen LogP contribution in [0.15, 0.2) is 29.6 Å². The number of hydrogen-bond acceptors (Lipinski definition) is 5. The first-order chi connectivity index (χ1) is 9.10. The van der Waals surface area contributed by atoms with Crippen LogP contribution in [0.5, 0.6) is 5.75 Å². The molecule has 98 valence electrons. The number of thiazole rings is 1. The van der Waals surface area contributed by atoms with E-state index in [1.807, 2.05) is 0 Å². The molecule has 0 saturated heterocycles. The van der Waals surface area contributed by atoms with Crippen LogP contribution in [-0.2, 0) is 0 Å². The first kappa shape index (κ1) is 13.2. The summed E-state index contributed by atoms with van der Waals surface area (Å²) in [5.41, 5.74) is 0.824. The predicted octanol–water partition coefficient (Wildman–Crippen LogP) is 2.61. The van der Waals surface area contributed by atoms with Crippen molar-refractivity contribution in [3.63, 3.8) is 0 Å². The van der Waals surface area contributed by atoms with Crippen molar-refractivity contribution in [3.05, 3.63) is 40.9 Å². The SMILES string of the molecule is COc1cccc(C(=O)Nc2nc(C(C)=O)cs2)c1. The fourth-order valence-corrected chi connectivity index (χ4v) is 2.17. The van der Waals surface area contributed by atoms with Crippen molar-refractivity contribution in [2.24, 2.45) is 0 Å². The third-order valence-electron chi connectivity index (χ3n) is 2.42. The smallest absolute Gasteiger partial charge is 0.257 e. The molecule has 0 aliphatic heterocycles. The predicted molar refractivity (Wildman–Crippen MR) is 73.1 cm³/mol. The molecule has 1 heterocycles. The lowest BCUT2D eigenvalue weighted by Gasteiger charge is -2.04. The van der Waals surface area contributed by atoms with Gasteiger partial charge in [0.05, 0.1) is 7.11 Å². The molecule has 2 aromatic rings. The zero-order valence-electron chi connectivity index (χ0n) is 10.5. The maximum absolute atomic E-state index is 12.0. The number of carbonyl (C=O) groups is 2. The van der Waals surface area contributed by atoms with Crippen molar-refractivity contribution < 1.29 is 14.3 Å². The number of rotatable bonds is 4. The number of nitrogens with one attached hydrogen (secondary N) is 1. The normalized spacial score (nSPS) is 10.0. The molecule has 2 rings (SSSR count). The largest absolute Gasteiger partial charge is 0.497 e. The van der Waals surface area contributed by atoms with Crippen molar-refractivity contribution in [1.82, 2.24) is 4.98 Å². The van der Waals surface area contributed by atoms with Gasteiger partial charge in [-0.25, -0.2) is 4.98 Å². The number of Topliss-reactive ketones (excluding diaryl/α,β-unsaturated/α-hetero) is 1. The average molecular weight is 276 g/mol. The monoisotopic (exact) mass is 276 g/mol. The van der Waals surface area contributed by atoms with E-state index in [4.69, 9.17) is 4.74 Å². The molecule has 19 heavy (non-hydrogen) atoms. The third-order valence-corrected chi connectivity index (χ3v) is 3.18. The van der Waals surface area contributed by atoms with Gasteiger partial charge in [-0.15, -0.1) is 11.3 Å². The van der Waals surface area contributed by atoms with Gasteiger partial charge < -0.3 is 4.74 Å². The highest BCUT2D eigenvalue weighted by Gasteiger charge is 2.11. The molecular formula is C13H12N2O3S. The van der Waals surface area contributed by atoms with Crippen molar-refractivity contribution in [3.8, 4) is 5.75 Å². The summed E-state index contributed by atoms with van der Waals surface area (Å²) in [4.78, 5) is 27.1. The second-order valence-electron chi connectivity index (χ2n) is 3.78. The van der Waals surface area contributed by atoms with Gasteiger partial charge in [0.25, 0.3) is 5.91 Å². The molecule has 1 aromatic carbocycles. The first-order valence-corrected chi connectivity index (χ1v) is 6.40. The van der Waals surface area contributed by atoms with Gasteiger partial charge in [0.2, 0.25) is 0 Å². The molecule has 6 heteroatoms. The molecule has 0 radical (unpaired) electrons. The molecule has 0 atom stereocenters. The summed E-state index contributed by atoms with van der Waals surface area (Å²) in [6.07, 6.45) is 0. The van der Waals surface area contributed by atoms with Gasteiger partial charge in [-0.05, 0) is 18.2 Å². The summed E-state index contributed by atoms with van der Waals surface area (Å²) >= 11 is 1.22. The molecule has 0 aliphatic carbocycles. The number of amides is 1. The topological polar surface area (TPSA) is 68.3 Å². The Hall–Kier alpha value is -2.21. The number of benzene rings is 1. The number of carbonyl (C=O) groups excluding carboxylic acids is 2. The molecule has 5 nitrogen and oxygen atoms in total. The molecule has 1 aromatic heterocycles. The minimum atomic E-state index is -0.289. The van der Waals surface area contributed by atoms with Crippen LogP contribution < -0.4 is 10.1 Å². The third kappa shape index (κ3) is 3.17. The zero-order chi connectivity index (χ0) is 13.8.